The molecule has 8 aromatic carbocycles. The molecule has 19 heteroatoms. The summed E-state index contributed by atoms with van der Waals surface area (Å²) in [5, 5.41) is 58.6. The summed E-state index contributed by atoms with van der Waals surface area (Å²) in [7, 11) is 1.00. The van der Waals surface area contributed by atoms with Crippen LogP contribution < -0.4 is 11.2 Å². The number of hydrogen-bond acceptors (Lipinski definition) is 17. The summed E-state index contributed by atoms with van der Waals surface area (Å²) in [5.74, 6) is 6.42. The SMILES string of the molecule is CCc1cc(/C(C)=N/OCc2ccc(C3CCCCC3)c(C)c2)ccc1C=O.CCc1cc(/C(C)=N/OCc2ccc(C3CCCCC3)c(C)c2)ccc1CN1CC(C(=O)O)C1.CCc1cc(/C(C)=N/OCc2ccc(C3CCCCC3)c(C)c2)ccc1CO.CCc1cc(C(C)=O)ccc1CO.CO.Cc1cc(CON)ccc1C1CCCCC1.O=C(O)C1CNC1. The third-order valence-electron chi connectivity index (χ3n) is 26.3. The molecule has 8 aromatic rings. The second-order valence-corrected chi connectivity index (χ2v) is 35.5. The number of aryl methyl sites for hydroxylation is 8. The summed E-state index contributed by atoms with van der Waals surface area (Å²) in [6, 6.07) is 50.5. The molecule has 0 unspecified atom stereocenters. The van der Waals surface area contributed by atoms with Crippen molar-refractivity contribution in [3.8, 4) is 0 Å². The standard InChI is InChI=1S/C29H38N2O3.C25H33NO2.C25H31NO2.C14H21NO.C11H14O2.C4H7NO2.CH4O/c1-4-23-15-25(11-12-26(23)16-31-17-27(18-31)29(32)33)21(3)30-34-19-22-10-13-28(20(2)14-22)24-8-6-5-7-9-24;2*1-4-21-15-23(11-12-24(21)16-27)19(3)26-28-17-20-10-13-25(18(2)14-20)22-8-6-5-7-9-22;1-11-9-12(10-16-15)7-8-14(11)13-5-3-2-4-6-13;1-3-9-6-10(8(2)13)4-5-11(9)7-12;6-4(7)3-1-5-2-3;1-2/h10-15,24,27H,4-9,16-19H2,1-3H3,(H,32,33);10-15,22,27H,4-9,16-17H2,1-3H3;10-16,22H,4-9,17H2,1-3H3;7-9,13H,2-6,10,15H2,1H3;4-6,12H,3,7H2,1-2H3;3,5H,1-2H2,(H,6,7);2H,1H3/b30-21+;2*26-19+;;;;. The van der Waals surface area contributed by atoms with E-state index >= 15 is 0 Å². The lowest BCUT2D eigenvalue weighted by molar-refractivity contribution is -0.148. The van der Waals surface area contributed by atoms with E-state index < -0.39 is 11.9 Å². The zero-order valence-corrected chi connectivity index (χ0v) is 79.0. The number of aldehydes is 1. The quantitative estimate of drug-likeness (QED) is 0.00953. The van der Waals surface area contributed by atoms with Gasteiger partial charge in [-0.15, -0.1) is 0 Å². The summed E-state index contributed by atoms with van der Waals surface area (Å²) in [5.41, 5.74) is 31.0. The van der Waals surface area contributed by atoms with Crippen LogP contribution in [0.1, 0.15) is 351 Å². The van der Waals surface area contributed by atoms with Gasteiger partial charge in [-0.2, -0.15) is 0 Å². The van der Waals surface area contributed by atoms with Crippen LogP contribution in [0.2, 0.25) is 0 Å². The summed E-state index contributed by atoms with van der Waals surface area (Å²) in [6.45, 7) is 30.0. The van der Waals surface area contributed by atoms with Gasteiger partial charge in [-0.05, 0) is 303 Å². The maximum atomic E-state index is 11.1. The Morgan fingerprint density at radius 2 is 0.703 bits per heavy atom. The molecule has 0 radical (unpaired) electrons. The average Bonchev–Trinajstić information content (AvgIpc) is 0.804. The largest absolute Gasteiger partial charge is 0.481 e. The van der Waals surface area contributed by atoms with Crippen LogP contribution >= 0.6 is 0 Å². The molecular formula is C109H148N6O13. The lowest BCUT2D eigenvalue weighted by Gasteiger charge is -2.37. The van der Waals surface area contributed by atoms with Crippen molar-refractivity contribution < 1.29 is 64.1 Å². The normalized spacial score (nSPS) is 16.0. The van der Waals surface area contributed by atoms with Crippen LogP contribution in [-0.2, 0) is 101 Å². The number of aliphatic hydroxyl groups excluding tert-OH is 3. The van der Waals surface area contributed by atoms with Crippen molar-refractivity contribution in [2.24, 2.45) is 33.2 Å². The van der Waals surface area contributed by atoms with E-state index in [2.05, 4.69) is 176 Å². The molecule has 2 saturated heterocycles. The van der Waals surface area contributed by atoms with Crippen LogP contribution in [0, 0.1) is 39.5 Å². The molecule has 0 atom stereocenters. The van der Waals surface area contributed by atoms with E-state index in [1.807, 2.05) is 70.2 Å². The number of aliphatic hydroxyl groups is 3. The fourth-order valence-corrected chi connectivity index (χ4v) is 18.5. The van der Waals surface area contributed by atoms with Gasteiger partial charge in [0.25, 0.3) is 0 Å². The van der Waals surface area contributed by atoms with Gasteiger partial charge in [0, 0.05) is 51.0 Å². The molecule has 0 amide bonds. The molecule has 2 heterocycles. The second kappa shape index (κ2) is 55.3. The molecule has 0 spiro atoms. The fraction of sp³-hybridized carbons (Fsp3) is 0.495. The van der Waals surface area contributed by atoms with Crippen LogP contribution in [0.3, 0.4) is 0 Å². The number of nitrogens with one attached hydrogen (secondary N) is 1. The Morgan fingerprint density at radius 3 is 0.984 bits per heavy atom. The Morgan fingerprint density at radius 1 is 0.398 bits per heavy atom. The summed E-state index contributed by atoms with van der Waals surface area (Å²) < 4.78 is 0. The lowest BCUT2D eigenvalue weighted by atomic mass is 9.82. The lowest BCUT2D eigenvalue weighted by Crippen LogP contribution is -2.49. The highest BCUT2D eigenvalue weighted by Gasteiger charge is 2.33. The Balaban J connectivity index is 0.000000199. The fourth-order valence-electron chi connectivity index (χ4n) is 18.5. The van der Waals surface area contributed by atoms with Gasteiger partial charge in [-0.25, -0.2) is 5.90 Å². The van der Waals surface area contributed by atoms with Gasteiger partial charge in [-0.1, -0.05) is 242 Å². The first-order valence-electron chi connectivity index (χ1n) is 47.2. The number of likely N-dealkylation sites (tertiary alicyclic amines) is 1. The van der Waals surface area contributed by atoms with E-state index in [1.54, 1.807) is 13.0 Å². The van der Waals surface area contributed by atoms with E-state index in [1.165, 1.54) is 195 Å². The molecule has 6 fully saturated rings. The number of nitrogens with zero attached hydrogens (tertiary/aromatic N) is 4. The topological polar surface area (TPSA) is 285 Å². The predicted molar refractivity (Wildman–Crippen MR) is 517 cm³/mol. The smallest absolute Gasteiger partial charge is 0.309 e. The number of benzene rings is 8. The second-order valence-electron chi connectivity index (χ2n) is 35.5. The van der Waals surface area contributed by atoms with Crippen LogP contribution in [0.15, 0.2) is 161 Å². The number of carboxylic acids is 2. The Kier molecular flexibility index (Phi) is 44.7. The third kappa shape index (κ3) is 32.1. The number of carbonyl (C=O) groups is 4. The van der Waals surface area contributed by atoms with Gasteiger partial charge < -0.3 is 45.4 Å². The summed E-state index contributed by atoms with van der Waals surface area (Å²) in [4.78, 5) is 67.0. The molecule has 0 bridgehead atoms. The van der Waals surface area contributed by atoms with Gasteiger partial charge in [0.05, 0.1) is 48.8 Å². The highest BCUT2D eigenvalue weighted by Crippen LogP contribution is 2.39. The van der Waals surface area contributed by atoms with Crippen molar-refractivity contribution in [3.05, 3.63) is 279 Å². The van der Waals surface area contributed by atoms with Crippen LogP contribution in [0.5, 0.6) is 0 Å². The van der Waals surface area contributed by atoms with E-state index in [0.29, 0.717) is 58.2 Å². The molecule has 8 N–H and O–H groups in total. The first-order chi connectivity index (χ1) is 62.0. The number of ketones is 1. The average molecular weight is 1750 g/mol. The molecule has 2 aliphatic heterocycles. The molecule has 4 aliphatic carbocycles. The first kappa shape index (κ1) is 104. The van der Waals surface area contributed by atoms with Gasteiger partial charge in [0.1, 0.15) is 26.1 Å². The highest BCUT2D eigenvalue weighted by atomic mass is 16.6. The summed E-state index contributed by atoms with van der Waals surface area (Å²) in [6.07, 6.45) is 31.5. The number of nitrogens with two attached hydrogens (primary N) is 1. The molecule has 14 rings (SSSR count). The van der Waals surface area contributed by atoms with Crippen molar-refractivity contribution >= 4 is 41.1 Å². The summed E-state index contributed by atoms with van der Waals surface area (Å²) >= 11 is 0. The predicted octanol–water partition coefficient (Wildman–Crippen LogP) is 22.7. The number of aliphatic carboxylic acids is 2. The minimum atomic E-state index is -0.690. The minimum absolute atomic E-state index is 0.0430. The highest BCUT2D eigenvalue weighted by molar-refractivity contribution is 6.00. The van der Waals surface area contributed by atoms with Crippen molar-refractivity contribution in [3.63, 3.8) is 0 Å². The molecule has 6 aliphatic rings. The number of oxime groups is 3. The molecule has 692 valence electrons. The first-order valence-corrected chi connectivity index (χ1v) is 47.2. The maximum absolute atomic E-state index is 11.1. The maximum Gasteiger partial charge on any atom is 0.309 e. The molecule has 128 heavy (non-hydrogen) atoms. The van der Waals surface area contributed by atoms with Gasteiger partial charge in [0.15, 0.2) is 5.78 Å². The Hall–Kier alpha value is -9.83. The number of carboxylic acid groups (broad SMARTS) is 2. The van der Waals surface area contributed by atoms with Crippen molar-refractivity contribution in [1.29, 1.82) is 0 Å². The minimum Gasteiger partial charge on any atom is -0.481 e. The van der Waals surface area contributed by atoms with Gasteiger partial charge >= 0.3 is 11.9 Å². The third-order valence-corrected chi connectivity index (χ3v) is 26.3. The Bertz CT molecular complexity index is 4900. The van der Waals surface area contributed by atoms with Crippen molar-refractivity contribution in [2.75, 3.05) is 33.3 Å². The van der Waals surface area contributed by atoms with Crippen molar-refractivity contribution in [2.45, 2.75) is 307 Å². The van der Waals surface area contributed by atoms with Gasteiger partial charge in [-0.3, -0.25) is 28.9 Å². The monoisotopic (exact) mass is 1750 g/mol. The zero-order valence-electron chi connectivity index (χ0n) is 79.0. The van der Waals surface area contributed by atoms with Crippen LogP contribution in [0.25, 0.3) is 0 Å². The molecule has 4 saturated carbocycles. The number of rotatable bonds is 30. The van der Waals surface area contributed by atoms with E-state index in [4.69, 9.17) is 40.8 Å². The van der Waals surface area contributed by atoms with Crippen LogP contribution in [-0.4, -0.2) is 105 Å². The van der Waals surface area contributed by atoms with E-state index in [0.717, 1.165) is 148 Å². The molecule has 19 nitrogen and oxygen atoms in total. The zero-order chi connectivity index (χ0) is 92.4. The Labute approximate surface area is 763 Å². The molecular weight excluding hydrogens is 1600 g/mol. The number of Topliss-reactive ketones (excluding diaryl/α,β-unsaturated/α-hetero) is 1. The van der Waals surface area contributed by atoms with E-state index in [-0.39, 0.29) is 30.8 Å². The number of hydrogen-bond donors (Lipinski definition) is 7. The molecule has 0 aromatic heterocycles. The van der Waals surface area contributed by atoms with Crippen molar-refractivity contribution in [1.82, 2.24) is 10.2 Å². The number of carbonyl (C=O) groups excluding carboxylic acids is 2. The van der Waals surface area contributed by atoms with E-state index in [9.17, 15) is 24.3 Å². The van der Waals surface area contributed by atoms with Crippen LogP contribution in [0.4, 0.5) is 0 Å². The van der Waals surface area contributed by atoms with Gasteiger partial charge in [0.2, 0.25) is 0 Å².